The minimum atomic E-state index is -1.19. The number of carbonyl (C=O) groups excluding carboxylic acids is 3. The minimum Gasteiger partial charge on any atom is -0.450 e. The average Bonchev–Trinajstić information content (AvgIpc) is 2.66. The largest absolute Gasteiger partial charge is 0.450 e. The summed E-state index contributed by atoms with van der Waals surface area (Å²) in [6, 6.07) is 3.65. The monoisotopic (exact) mass is 362 g/mol. The van der Waals surface area contributed by atoms with E-state index < -0.39 is 5.41 Å². The molecule has 142 valence electrons. The molecule has 2 rings (SSSR count). The van der Waals surface area contributed by atoms with Gasteiger partial charge in [0.15, 0.2) is 0 Å². The first-order valence-electron chi connectivity index (χ1n) is 8.74. The van der Waals surface area contributed by atoms with Crippen molar-refractivity contribution in [1.29, 1.82) is 0 Å². The second kappa shape index (κ2) is 8.64. The number of ether oxygens (including phenoxy) is 1. The summed E-state index contributed by atoms with van der Waals surface area (Å²) >= 11 is 0. The zero-order valence-electron chi connectivity index (χ0n) is 15.5. The van der Waals surface area contributed by atoms with Crippen molar-refractivity contribution in [2.45, 2.75) is 27.3 Å². The molecule has 0 radical (unpaired) electrons. The molecule has 8 heteroatoms. The Bertz CT molecular complexity index is 640. The third-order valence-corrected chi connectivity index (χ3v) is 4.37. The Kier molecular flexibility index (Phi) is 6.54. The maximum Gasteiger partial charge on any atom is 0.409 e. The number of carbonyl (C=O) groups is 3. The van der Waals surface area contributed by atoms with Crippen LogP contribution in [0.4, 0.5) is 4.79 Å². The summed E-state index contributed by atoms with van der Waals surface area (Å²) in [7, 11) is 0. The number of hydrogen-bond acceptors (Lipinski definition) is 5. The van der Waals surface area contributed by atoms with Crippen molar-refractivity contribution in [3.63, 3.8) is 0 Å². The summed E-state index contributed by atoms with van der Waals surface area (Å²) in [4.78, 5) is 44.2. The fourth-order valence-electron chi connectivity index (χ4n) is 2.71. The lowest BCUT2D eigenvalue weighted by Crippen LogP contribution is -2.56. The molecule has 0 atom stereocenters. The molecule has 3 amide bonds. The minimum absolute atomic E-state index is 0.246. The third-order valence-electron chi connectivity index (χ3n) is 4.37. The summed E-state index contributed by atoms with van der Waals surface area (Å²) in [6.45, 7) is 7.20. The SMILES string of the molecule is CCOC(=O)N1CCN(C(=O)C(C)(C)C(=O)NCc2cccnc2)CC1. The first kappa shape index (κ1) is 19.7. The highest BCUT2D eigenvalue weighted by Gasteiger charge is 2.40. The van der Waals surface area contributed by atoms with Crippen LogP contribution >= 0.6 is 0 Å². The summed E-state index contributed by atoms with van der Waals surface area (Å²) < 4.78 is 4.97. The summed E-state index contributed by atoms with van der Waals surface area (Å²) in [6.07, 6.45) is 2.96. The molecular weight excluding hydrogens is 336 g/mol. The van der Waals surface area contributed by atoms with Crippen LogP contribution in [0.5, 0.6) is 0 Å². The van der Waals surface area contributed by atoms with Crippen molar-refractivity contribution in [3.8, 4) is 0 Å². The molecule has 1 fully saturated rings. The molecule has 0 saturated carbocycles. The molecule has 0 aromatic carbocycles. The van der Waals surface area contributed by atoms with Crippen molar-refractivity contribution >= 4 is 17.9 Å². The standard InChI is InChI=1S/C18H26N4O4/c1-4-26-17(25)22-10-8-21(9-11-22)16(24)18(2,3)15(23)20-13-14-6-5-7-19-12-14/h5-7,12H,4,8-11,13H2,1-3H3,(H,20,23). The molecule has 8 nitrogen and oxygen atoms in total. The van der Waals surface area contributed by atoms with Crippen LogP contribution in [0, 0.1) is 5.41 Å². The fourth-order valence-corrected chi connectivity index (χ4v) is 2.71. The summed E-state index contributed by atoms with van der Waals surface area (Å²) in [5.74, 6) is -0.580. The van der Waals surface area contributed by atoms with E-state index in [1.807, 2.05) is 6.07 Å². The topological polar surface area (TPSA) is 91.8 Å². The number of piperazine rings is 1. The van der Waals surface area contributed by atoms with Crippen molar-refractivity contribution < 1.29 is 19.1 Å². The Morgan fingerprint density at radius 3 is 2.42 bits per heavy atom. The number of amides is 3. The first-order valence-corrected chi connectivity index (χ1v) is 8.74. The molecule has 1 saturated heterocycles. The van der Waals surface area contributed by atoms with Gasteiger partial charge < -0.3 is 19.9 Å². The van der Waals surface area contributed by atoms with Gasteiger partial charge in [0.2, 0.25) is 11.8 Å². The fraction of sp³-hybridized carbons (Fsp3) is 0.556. The van der Waals surface area contributed by atoms with Crippen molar-refractivity contribution in [2.75, 3.05) is 32.8 Å². The van der Waals surface area contributed by atoms with Crippen LogP contribution in [-0.4, -0.2) is 65.5 Å². The molecule has 0 spiro atoms. The lowest BCUT2D eigenvalue weighted by Gasteiger charge is -2.37. The van der Waals surface area contributed by atoms with Gasteiger partial charge in [0.05, 0.1) is 6.61 Å². The van der Waals surface area contributed by atoms with E-state index in [1.165, 1.54) is 0 Å². The molecule has 0 bridgehead atoms. The Morgan fingerprint density at radius 1 is 1.19 bits per heavy atom. The van der Waals surface area contributed by atoms with Crippen LogP contribution in [-0.2, 0) is 20.9 Å². The van der Waals surface area contributed by atoms with E-state index in [4.69, 9.17) is 4.74 Å². The molecule has 1 aliphatic heterocycles. The van der Waals surface area contributed by atoms with E-state index in [9.17, 15) is 14.4 Å². The molecule has 1 aromatic heterocycles. The second-order valence-corrected chi connectivity index (χ2v) is 6.65. The summed E-state index contributed by atoms with van der Waals surface area (Å²) in [5.41, 5.74) is -0.318. The molecule has 2 heterocycles. The van der Waals surface area contributed by atoms with Crippen LogP contribution in [0.2, 0.25) is 0 Å². The highest BCUT2D eigenvalue weighted by molar-refractivity contribution is 6.04. The van der Waals surface area contributed by atoms with Crippen LogP contribution in [0.15, 0.2) is 24.5 Å². The van der Waals surface area contributed by atoms with Gasteiger partial charge >= 0.3 is 6.09 Å². The van der Waals surface area contributed by atoms with Gasteiger partial charge in [-0.25, -0.2) is 4.79 Å². The predicted molar refractivity (Wildman–Crippen MR) is 95.0 cm³/mol. The van der Waals surface area contributed by atoms with Gasteiger partial charge in [-0.3, -0.25) is 14.6 Å². The van der Waals surface area contributed by atoms with E-state index in [0.717, 1.165) is 5.56 Å². The highest BCUT2D eigenvalue weighted by Crippen LogP contribution is 2.21. The van der Waals surface area contributed by atoms with Crippen LogP contribution in [0.1, 0.15) is 26.3 Å². The van der Waals surface area contributed by atoms with Gasteiger partial charge in [-0.1, -0.05) is 6.07 Å². The number of pyridine rings is 1. The predicted octanol–water partition coefficient (Wildman–Crippen LogP) is 1.02. The molecule has 26 heavy (non-hydrogen) atoms. The molecule has 0 unspecified atom stereocenters. The zero-order valence-corrected chi connectivity index (χ0v) is 15.5. The molecule has 1 aromatic rings. The lowest BCUT2D eigenvalue weighted by molar-refractivity contribution is -0.149. The smallest absolute Gasteiger partial charge is 0.409 e. The normalized spacial score (nSPS) is 14.7. The molecule has 1 N–H and O–H groups in total. The van der Waals surface area contributed by atoms with E-state index in [0.29, 0.717) is 39.3 Å². The van der Waals surface area contributed by atoms with Crippen molar-refractivity contribution in [3.05, 3.63) is 30.1 Å². The number of rotatable bonds is 5. The van der Waals surface area contributed by atoms with Gasteiger partial charge in [-0.15, -0.1) is 0 Å². The first-order chi connectivity index (χ1) is 12.4. The van der Waals surface area contributed by atoms with Gasteiger partial charge in [0.25, 0.3) is 0 Å². The maximum atomic E-state index is 12.8. The van der Waals surface area contributed by atoms with Gasteiger partial charge in [0, 0.05) is 45.1 Å². The van der Waals surface area contributed by atoms with E-state index >= 15 is 0 Å². The molecule has 0 aliphatic carbocycles. The summed E-state index contributed by atoms with van der Waals surface area (Å²) in [5, 5.41) is 2.79. The quantitative estimate of drug-likeness (QED) is 0.790. The third kappa shape index (κ3) is 4.71. The number of nitrogens with one attached hydrogen (secondary N) is 1. The van der Waals surface area contributed by atoms with E-state index in [2.05, 4.69) is 10.3 Å². The molecule has 1 aliphatic rings. The van der Waals surface area contributed by atoms with Crippen molar-refractivity contribution in [2.24, 2.45) is 5.41 Å². The van der Waals surface area contributed by atoms with E-state index in [1.54, 1.807) is 49.0 Å². The lowest BCUT2D eigenvalue weighted by atomic mass is 9.90. The van der Waals surface area contributed by atoms with E-state index in [-0.39, 0.29) is 17.9 Å². The molecular formula is C18H26N4O4. The number of nitrogens with zero attached hydrogens (tertiary/aromatic N) is 3. The van der Waals surface area contributed by atoms with Crippen molar-refractivity contribution in [1.82, 2.24) is 20.1 Å². The van der Waals surface area contributed by atoms with Crippen LogP contribution < -0.4 is 5.32 Å². The Balaban J connectivity index is 1.89. The average molecular weight is 362 g/mol. The highest BCUT2D eigenvalue weighted by atomic mass is 16.6. The van der Waals surface area contributed by atoms with Gasteiger partial charge in [-0.05, 0) is 32.4 Å². The second-order valence-electron chi connectivity index (χ2n) is 6.65. The number of hydrogen-bond donors (Lipinski definition) is 1. The Labute approximate surface area is 153 Å². The van der Waals surface area contributed by atoms with Crippen LogP contribution in [0.3, 0.4) is 0 Å². The van der Waals surface area contributed by atoms with Gasteiger partial charge in [-0.2, -0.15) is 0 Å². The Morgan fingerprint density at radius 2 is 1.85 bits per heavy atom. The maximum absolute atomic E-state index is 12.8. The Hall–Kier alpha value is -2.64. The zero-order chi connectivity index (χ0) is 19.2. The van der Waals surface area contributed by atoms with Gasteiger partial charge in [0.1, 0.15) is 5.41 Å². The van der Waals surface area contributed by atoms with Crippen LogP contribution in [0.25, 0.3) is 0 Å². The number of aromatic nitrogens is 1.